The van der Waals surface area contributed by atoms with Crippen LogP contribution < -0.4 is 0 Å². The van der Waals surface area contributed by atoms with Crippen molar-refractivity contribution in [3.05, 3.63) is 24.3 Å². The van der Waals surface area contributed by atoms with E-state index in [2.05, 4.69) is 0 Å². The van der Waals surface area contributed by atoms with Crippen LogP contribution in [0.2, 0.25) is 0 Å². The SMILES string of the molecule is CCC(=O)O[C@@H]1CC(=O)O[C@H](C)C/C=C/C=C/C(=O)[C@H](C)C[C@H](CC=O)[C@@H](O[C@H]2O[C@@H](C)[C@H](O)[C@@H](N(C)C)[C@@H]2O)[C@@H]1OC. The summed E-state index contributed by atoms with van der Waals surface area (Å²) >= 11 is 0. The van der Waals surface area contributed by atoms with Crippen molar-refractivity contribution in [2.75, 3.05) is 21.2 Å². The summed E-state index contributed by atoms with van der Waals surface area (Å²) in [7, 11) is 4.76. The lowest BCUT2D eigenvalue weighted by Gasteiger charge is -2.46. The Morgan fingerprint density at radius 1 is 1.12 bits per heavy atom. The van der Waals surface area contributed by atoms with Crippen molar-refractivity contribution < 1.29 is 53.1 Å². The van der Waals surface area contributed by atoms with Crippen molar-refractivity contribution in [3.8, 4) is 0 Å². The molecular weight excluding hydrogens is 562 g/mol. The Labute approximate surface area is 254 Å². The van der Waals surface area contributed by atoms with Gasteiger partial charge in [-0.1, -0.05) is 32.1 Å². The number of hydrogen-bond acceptors (Lipinski definition) is 12. The number of rotatable bonds is 8. The summed E-state index contributed by atoms with van der Waals surface area (Å²) in [5, 5.41) is 22.0. The molecule has 244 valence electrons. The van der Waals surface area contributed by atoms with Gasteiger partial charge >= 0.3 is 11.9 Å². The van der Waals surface area contributed by atoms with E-state index in [1.54, 1.807) is 64.9 Å². The van der Waals surface area contributed by atoms with Crippen molar-refractivity contribution in [2.24, 2.45) is 11.8 Å². The Bertz CT molecular complexity index is 983. The number of aliphatic hydroxyl groups is 2. The van der Waals surface area contributed by atoms with E-state index in [0.29, 0.717) is 12.7 Å². The summed E-state index contributed by atoms with van der Waals surface area (Å²) < 4.78 is 29.4. The highest BCUT2D eigenvalue weighted by Crippen LogP contribution is 2.33. The maximum absolute atomic E-state index is 13.0. The normalized spacial score (nSPS) is 38.2. The topological polar surface area (TPSA) is 158 Å². The first-order chi connectivity index (χ1) is 20.3. The van der Waals surface area contributed by atoms with Crippen LogP contribution in [0.25, 0.3) is 0 Å². The Kier molecular flexibility index (Phi) is 15.1. The first-order valence-electron chi connectivity index (χ1n) is 14.9. The fraction of sp³-hybridized carbons (Fsp3) is 0.742. The summed E-state index contributed by atoms with van der Waals surface area (Å²) in [6, 6.07) is -0.755. The summed E-state index contributed by atoms with van der Waals surface area (Å²) in [5.74, 6) is -2.63. The van der Waals surface area contributed by atoms with Crippen LogP contribution in [-0.2, 0) is 42.9 Å². The van der Waals surface area contributed by atoms with Crippen LogP contribution in [0.3, 0.4) is 0 Å². The van der Waals surface area contributed by atoms with Gasteiger partial charge in [0.25, 0.3) is 0 Å². The highest BCUT2D eigenvalue weighted by Gasteiger charge is 2.48. The van der Waals surface area contributed by atoms with Crippen LogP contribution in [0, 0.1) is 11.8 Å². The molecule has 0 spiro atoms. The van der Waals surface area contributed by atoms with Gasteiger partial charge in [0.05, 0.1) is 30.8 Å². The molecule has 0 saturated carbocycles. The number of allylic oxidation sites excluding steroid dienone is 3. The average Bonchev–Trinajstić information content (AvgIpc) is 2.94. The van der Waals surface area contributed by atoms with E-state index in [-0.39, 0.29) is 31.5 Å². The predicted molar refractivity (Wildman–Crippen MR) is 156 cm³/mol. The Morgan fingerprint density at radius 3 is 2.42 bits per heavy atom. The highest BCUT2D eigenvalue weighted by atomic mass is 16.7. The van der Waals surface area contributed by atoms with Gasteiger partial charge in [0.2, 0.25) is 0 Å². The lowest BCUT2D eigenvalue weighted by atomic mass is 9.83. The Hall–Kier alpha value is -2.48. The molecule has 0 radical (unpaired) electrons. The number of aliphatic hydroxyl groups excluding tert-OH is 2. The predicted octanol–water partition coefficient (Wildman–Crippen LogP) is 1.74. The first kappa shape index (κ1) is 36.7. The highest BCUT2D eigenvalue weighted by molar-refractivity contribution is 5.91. The third-order valence-electron chi connectivity index (χ3n) is 7.91. The second-order valence-corrected chi connectivity index (χ2v) is 11.6. The van der Waals surface area contributed by atoms with E-state index in [1.807, 2.05) is 0 Å². The molecule has 2 rings (SSSR count). The molecule has 1 saturated heterocycles. The van der Waals surface area contributed by atoms with Crippen LogP contribution in [0.5, 0.6) is 0 Å². The maximum atomic E-state index is 13.0. The molecule has 0 unspecified atom stereocenters. The fourth-order valence-electron chi connectivity index (χ4n) is 5.53. The molecule has 43 heavy (non-hydrogen) atoms. The fourth-order valence-corrected chi connectivity index (χ4v) is 5.53. The van der Waals surface area contributed by atoms with Crippen molar-refractivity contribution in [1.82, 2.24) is 4.90 Å². The van der Waals surface area contributed by atoms with Crippen molar-refractivity contribution >= 4 is 24.0 Å². The number of carbonyl (C=O) groups excluding carboxylic acids is 4. The van der Waals surface area contributed by atoms with E-state index < -0.39 is 78.8 Å². The first-order valence-corrected chi connectivity index (χ1v) is 14.9. The lowest BCUT2D eigenvalue weighted by molar-refractivity contribution is -0.309. The quantitative estimate of drug-likeness (QED) is 0.303. The number of ether oxygens (including phenoxy) is 5. The van der Waals surface area contributed by atoms with Crippen LogP contribution in [0.4, 0.5) is 0 Å². The van der Waals surface area contributed by atoms with E-state index in [1.165, 1.54) is 13.2 Å². The summed E-state index contributed by atoms with van der Waals surface area (Å²) in [6.07, 6.45) is -0.952. The van der Waals surface area contributed by atoms with Crippen LogP contribution >= 0.6 is 0 Å². The van der Waals surface area contributed by atoms with E-state index >= 15 is 0 Å². The third-order valence-corrected chi connectivity index (χ3v) is 7.91. The van der Waals surface area contributed by atoms with Crippen molar-refractivity contribution in [1.29, 1.82) is 0 Å². The van der Waals surface area contributed by atoms with Gasteiger partial charge in [0.1, 0.15) is 30.7 Å². The zero-order chi connectivity index (χ0) is 32.3. The second kappa shape index (κ2) is 17.7. The summed E-state index contributed by atoms with van der Waals surface area (Å²) in [6.45, 7) is 6.70. The molecule has 2 heterocycles. The molecule has 1 fully saturated rings. The standard InChI is InChI=1S/C31H49NO11/c1-8-24(35)42-23-17-25(36)40-19(3)12-10-9-11-13-22(34)18(2)16-21(14-15-33)29(30(23)39-7)43-31-28(38)26(32(5)6)27(37)20(4)41-31/h9-11,13,15,18-21,23,26-31,37-38H,8,12,14,16-17H2,1-7H3/b10-9+,13-11+/t18-,19-,20+,21+,23-,26-,27+,28+,29-,30-,31-/m1/s1. The van der Waals surface area contributed by atoms with E-state index in [4.69, 9.17) is 23.7 Å². The minimum Gasteiger partial charge on any atom is -0.462 e. The van der Waals surface area contributed by atoms with Gasteiger partial charge in [0.15, 0.2) is 12.1 Å². The summed E-state index contributed by atoms with van der Waals surface area (Å²) in [4.78, 5) is 52.2. The van der Waals surface area contributed by atoms with Gasteiger partial charge in [0, 0.05) is 32.3 Å². The van der Waals surface area contributed by atoms with Gasteiger partial charge < -0.3 is 43.6 Å². The second-order valence-electron chi connectivity index (χ2n) is 11.6. The van der Waals surface area contributed by atoms with Crippen molar-refractivity contribution in [2.45, 2.75) is 115 Å². The lowest BCUT2D eigenvalue weighted by Crippen LogP contribution is -2.63. The molecule has 12 heteroatoms. The van der Waals surface area contributed by atoms with Crippen molar-refractivity contribution in [3.63, 3.8) is 0 Å². The van der Waals surface area contributed by atoms with Gasteiger partial charge in [-0.3, -0.25) is 14.4 Å². The number of cyclic esters (lactones) is 1. The smallest absolute Gasteiger partial charge is 0.309 e. The average molecular weight is 612 g/mol. The number of ketones is 1. The van der Waals surface area contributed by atoms with Gasteiger partial charge in [-0.2, -0.15) is 0 Å². The van der Waals surface area contributed by atoms with Crippen LogP contribution in [-0.4, -0.2) is 115 Å². The Balaban J connectivity index is 2.63. The zero-order valence-electron chi connectivity index (χ0n) is 26.3. The van der Waals surface area contributed by atoms with Gasteiger partial charge in [-0.25, -0.2) is 0 Å². The number of methoxy groups -OCH3 is 1. The molecule has 12 nitrogen and oxygen atoms in total. The number of likely N-dealkylation sites (N-methyl/N-ethyl adjacent to an activating group) is 1. The van der Waals surface area contributed by atoms with Gasteiger partial charge in [-0.05, 0) is 46.4 Å². The number of nitrogens with zero attached hydrogens (tertiary/aromatic N) is 1. The molecule has 0 amide bonds. The van der Waals surface area contributed by atoms with Crippen LogP contribution in [0.15, 0.2) is 24.3 Å². The molecular formula is C31H49NO11. The number of carbonyl (C=O) groups is 4. The zero-order valence-corrected chi connectivity index (χ0v) is 26.3. The van der Waals surface area contributed by atoms with E-state index in [0.717, 1.165) is 0 Å². The molecule has 2 N–H and O–H groups in total. The number of aldehydes is 1. The number of hydrogen-bond donors (Lipinski definition) is 2. The molecule has 0 aromatic heterocycles. The molecule has 0 aromatic carbocycles. The molecule has 11 atom stereocenters. The monoisotopic (exact) mass is 611 g/mol. The molecule has 0 bridgehead atoms. The minimum atomic E-state index is -1.33. The molecule has 2 aliphatic rings. The molecule has 0 aromatic rings. The molecule has 0 aliphatic carbocycles. The maximum Gasteiger partial charge on any atom is 0.309 e. The summed E-state index contributed by atoms with van der Waals surface area (Å²) in [5.41, 5.74) is 0. The minimum absolute atomic E-state index is 0.0225. The van der Waals surface area contributed by atoms with Crippen LogP contribution in [0.1, 0.15) is 59.8 Å². The molecule has 2 aliphatic heterocycles. The number of esters is 2. The van der Waals surface area contributed by atoms with Gasteiger partial charge in [-0.15, -0.1) is 0 Å². The van der Waals surface area contributed by atoms with E-state index in [9.17, 15) is 29.4 Å². The third kappa shape index (κ3) is 10.6. The largest absolute Gasteiger partial charge is 0.462 e. The Morgan fingerprint density at radius 2 is 1.81 bits per heavy atom.